The number of hydrogen-bond acceptors (Lipinski definition) is 2. The zero-order valence-electron chi connectivity index (χ0n) is 5.71. The zero-order valence-corrected chi connectivity index (χ0v) is 6.53. The van der Waals surface area contributed by atoms with Gasteiger partial charge in [0, 0.05) is 30.1 Å². The number of nitrogens with zero attached hydrogens (tertiary/aromatic N) is 1. The summed E-state index contributed by atoms with van der Waals surface area (Å²) in [6.45, 7) is 3.02. The lowest BCUT2D eigenvalue weighted by atomic mass is 10.2. The monoisotopic (exact) mass is 145 g/mol. The van der Waals surface area contributed by atoms with Gasteiger partial charge in [0.05, 0.1) is 0 Å². The summed E-state index contributed by atoms with van der Waals surface area (Å²) in [4.78, 5) is 0. The molecular weight excluding hydrogens is 132 g/mol. The Hall–Kier alpha value is 0.270. The highest BCUT2D eigenvalue weighted by Gasteiger charge is 2.17. The van der Waals surface area contributed by atoms with Crippen molar-refractivity contribution >= 4 is 11.8 Å². The van der Waals surface area contributed by atoms with E-state index in [0.717, 1.165) is 12.3 Å². The lowest BCUT2D eigenvalue weighted by Gasteiger charge is -2.23. The molecule has 1 aliphatic rings. The van der Waals surface area contributed by atoms with Crippen molar-refractivity contribution in [1.29, 1.82) is 0 Å². The number of rotatable bonds is 1. The molecule has 1 saturated heterocycles. The molecule has 2 atom stereocenters. The maximum absolute atomic E-state index is 5.66. The number of nitrogens with two attached hydrogens (primary N) is 1. The maximum atomic E-state index is 5.66. The van der Waals surface area contributed by atoms with E-state index >= 15 is 0 Å². The minimum absolute atomic E-state index is 0.248. The van der Waals surface area contributed by atoms with Crippen molar-refractivity contribution in [2.45, 2.75) is 19.0 Å². The summed E-state index contributed by atoms with van der Waals surface area (Å²) in [6.07, 6.45) is 0. The van der Waals surface area contributed by atoms with Crippen LogP contribution in [0.15, 0.2) is 0 Å². The Balaban J connectivity index is 2.23. The molecule has 0 bridgehead atoms. The molecule has 0 aromatic heterocycles. The van der Waals surface area contributed by atoms with Crippen molar-refractivity contribution in [3.05, 3.63) is 0 Å². The van der Waals surface area contributed by atoms with Crippen molar-refractivity contribution in [2.75, 3.05) is 18.1 Å². The van der Waals surface area contributed by atoms with Crippen LogP contribution in [0.4, 0.5) is 0 Å². The Kier molecular flexibility index (Phi) is 2.82. The molecular formula is C6H13N2S. The van der Waals surface area contributed by atoms with E-state index in [-0.39, 0.29) is 6.04 Å². The van der Waals surface area contributed by atoms with Crippen LogP contribution < -0.4 is 11.1 Å². The first-order valence-corrected chi connectivity index (χ1v) is 4.46. The molecule has 1 fully saturated rings. The summed E-state index contributed by atoms with van der Waals surface area (Å²) in [5, 5.41) is 4.38. The Labute approximate surface area is 60.6 Å². The molecule has 2 unspecified atom stereocenters. The number of hydrogen-bond donors (Lipinski definition) is 1. The quantitative estimate of drug-likeness (QED) is 0.566. The fourth-order valence-electron chi connectivity index (χ4n) is 0.858. The van der Waals surface area contributed by atoms with E-state index in [1.54, 1.807) is 0 Å². The van der Waals surface area contributed by atoms with Gasteiger partial charge >= 0.3 is 0 Å². The van der Waals surface area contributed by atoms with Crippen LogP contribution in [0.25, 0.3) is 0 Å². The van der Waals surface area contributed by atoms with E-state index in [9.17, 15) is 0 Å². The summed E-state index contributed by atoms with van der Waals surface area (Å²) >= 11 is 1.96. The van der Waals surface area contributed by atoms with Crippen molar-refractivity contribution in [3.8, 4) is 0 Å². The molecule has 1 aliphatic heterocycles. The van der Waals surface area contributed by atoms with Gasteiger partial charge in [-0.2, -0.15) is 11.8 Å². The Morgan fingerprint density at radius 1 is 1.78 bits per heavy atom. The summed E-state index contributed by atoms with van der Waals surface area (Å²) in [7, 11) is 0. The highest BCUT2D eigenvalue weighted by Crippen LogP contribution is 2.10. The normalized spacial score (nSPS) is 32.0. The summed E-state index contributed by atoms with van der Waals surface area (Å²) in [6, 6.07) is 0.668. The van der Waals surface area contributed by atoms with Gasteiger partial charge in [-0.05, 0) is 6.92 Å². The van der Waals surface area contributed by atoms with Crippen LogP contribution in [0.2, 0.25) is 0 Å². The fraction of sp³-hybridized carbons (Fsp3) is 1.00. The van der Waals surface area contributed by atoms with Crippen LogP contribution in [0.1, 0.15) is 6.92 Å². The standard InChI is InChI=1S/C6H13N2S/c1-5(7)6-4-9-3-2-8-6/h5-6H,2-4,7H2,1H3. The first-order chi connectivity index (χ1) is 4.30. The lowest BCUT2D eigenvalue weighted by Crippen LogP contribution is -2.44. The molecule has 0 aromatic rings. The summed E-state index contributed by atoms with van der Waals surface area (Å²) < 4.78 is 0. The average molecular weight is 145 g/mol. The lowest BCUT2D eigenvalue weighted by molar-refractivity contribution is 0.482. The third kappa shape index (κ3) is 2.16. The van der Waals surface area contributed by atoms with Crippen molar-refractivity contribution in [1.82, 2.24) is 5.32 Å². The van der Waals surface area contributed by atoms with E-state index in [4.69, 9.17) is 5.73 Å². The highest BCUT2D eigenvalue weighted by molar-refractivity contribution is 7.99. The second-order valence-electron chi connectivity index (χ2n) is 2.41. The molecule has 1 rings (SSSR count). The maximum Gasteiger partial charge on any atom is 0.0485 e. The van der Waals surface area contributed by atoms with Gasteiger partial charge in [0.25, 0.3) is 0 Å². The van der Waals surface area contributed by atoms with E-state index < -0.39 is 0 Å². The molecule has 0 amide bonds. The van der Waals surface area contributed by atoms with E-state index in [2.05, 4.69) is 5.32 Å². The van der Waals surface area contributed by atoms with E-state index in [1.807, 2.05) is 18.7 Å². The molecule has 3 heteroatoms. The first kappa shape index (κ1) is 7.38. The van der Waals surface area contributed by atoms with Crippen LogP contribution in [0.5, 0.6) is 0 Å². The van der Waals surface area contributed by atoms with E-state index in [1.165, 1.54) is 5.75 Å². The Morgan fingerprint density at radius 3 is 2.89 bits per heavy atom. The minimum atomic E-state index is 0.248. The highest BCUT2D eigenvalue weighted by atomic mass is 32.2. The molecule has 9 heavy (non-hydrogen) atoms. The van der Waals surface area contributed by atoms with Crippen LogP contribution in [0.3, 0.4) is 0 Å². The summed E-state index contributed by atoms with van der Waals surface area (Å²) in [5.41, 5.74) is 5.66. The van der Waals surface area contributed by atoms with E-state index in [0.29, 0.717) is 6.04 Å². The molecule has 53 valence electrons. The Morgan fingerprint density at radius 2 is 2.56 bits per heavy atom. The second-order valence-corrected chi connectivity index (χ2v) is 3.56. The van der Waals surface area contributed by atoms with Crippen molar-refractivity contribution < 1.29 is 0 Å². The SMILES string of the molecule is CC(N)C1CSCC[N]1. The molecule has 1 radical (unpaired) electrons. The van der Waals surface area contributed by atoms with Crippen LogP contribution >= 0.6 is 11.8 Å². The molecule has 0 aromatic carbocycles. The smallest absolute Gasteiger partial charge is 0.0485 e. The van der Waals surface area contributed by atoms with Crippen molar-refractivity contribution in [3.63, 3.8) is 0 Å². The fourth-order valence-corrected chi connectivity index (χ4v) is 1.91. The van der Waals surface area contributed by atoms with Gasteiger partial charge in [-0.1, -0.05) is 0 Å². The Bertz CT molecular complexity index is 79.1. The number of thioether (sulfide) groups is 1. The van der Waals surface area contributed by atoms with Gasteiger partial charge in [-0.15, -0.1) is 0 Å². The predicted molar refractivity (Wildman–Crippen MR) is 41.8 cm³/mol. The molecule has 2 nitrogen and oxygen atoms in total. The second kappa shape index (κ2) is 3.44. The zero-order chi connectivity index (χ0) is 6.69. The topological polar surface area (TPSA) is 40.1 Å². The minimum Gasteiger partial charge on any atom is -0.326 e. The molecule has 1 heterocycles. The van der Waals surface area contributed by atoms with Gasteiger partial charge in [0.15, 0.2) is 0 Å². The third-order valence-corrected chi connectivity index (χ3v) is 2.54. The van der Waals surface area contributed by atoms with Gasteiger partial charge < -0.3 is 5.73 Å². The molecule has 0 spiro atoms. The molecule has 2 N–H and O–H groups in total. The van der Waals surface area contributed by atoms with Crippen LogP contribution in [-0.4, -0.2) is 30.1 Å². The van der Waals surface area contributed by atoms with Crippen LogP contribution in [-0.2, 0) is 0 Å². The van der Waals surface area contributed by atoms with Gasteiger partial charge in [0.2, 0.25) is 0 Å². The van der Waals surface area contributed by atoms with Gasteiger partial charge in [-0.25, -0.2) is 5.32 Å². The predicted octanol–water partition coefficient (Wildman–Crippen LogP) is 0.0534. The molecule has 0 aliphatic carbocycles. The van der Waals surface area contributed by atoms with Crippen molar-refractivity contribution in [2.24, 2.45) is 5.73 Å². The third-order valence-electron chi connectivity index (χ3n) is 1.49. The first-order valence-electron chi connectivity index (χ1n) is 3.30. The average Bonchev–Trinajstić information content (AvgIpc) is 1.90. The van der Waals surface area contributed by atoms with Gasteiger partial charge in [-0.3, -0.25) is 0 Å². The largest absolute Gasteiger partial charge is 0.326 e. The van der Waals surface area contributed by atoms with Gasteiger partial charge in [0.1, 0.15) is 0 Å². The van der Waals surface area contributed by atoms with Crippen LogP contribution in [0, 0.1) is 0 Å². The molecule has 0 saturated carbocycles. The summed E-state index contributed by atoms with van der Waals surface area (Å²) in [5.74, 6) is 2.31.